The first-order chi connectivity index (χ1) is 15.2. The van der Waals surface area contributed by atoms with E-state index in [1.165, 1.54) is 32.0 Å². The van der Waals surface area contributed by atoms with Gasteiger partial charge >= 0.3 is 0 Å². The molecule has 4 rings (SSSR count). The van der Waals surface area contributed by atoms with Crippen LogP contribution in [0.4, 0.5) is 0 Å². The number of benzene rings is 1. The molecule has 0 spiro atoms. The molecule has 1 aromatic rings. The summed E-state index contributed by atoms with van der Waals surface area (Å²) in [6.45, 7) is 1.34. The third-order valence-corrected chi connectivity index (χ3v) is 7.39. The maximum atomic E-state index is 13.4. The maximum Gasteiger partial charge on any atom is 0.255 e. The molecule has 7 N–H and O–H groups in total. The first-order valence-electron chi connectivity index (χ1n) is 10.1. The zero-order valence-electron chi connectivity index (χ0n) is 18.0. The summed E-state index contributed by atoms with van der Waals surface area (Å²) < 4.78 is 0. The number of nitrogens with zero attached hydrogens (tertiary/aromatic N) is 1. The molecule has 0 bridgehead atoms. The highest BCUT2D eigenvalue weighted by atomic mass is 35.5. The van der Waals surface area contributed by atoms with Crippen molar-refractivity contribution in [2.75, 3.05) is 14.1 Å². The van der Waals surface area contributed by atoms with Crippen LogP contribution in [0.5, 0.6) is 5.75 Å². The lowest BCUT2D eigenvalue weighted by molar-refractivity contribution is -0.151. The number of fused-ring (bicyclic) bond motifs is 3. The number of likely N-dealkylation sites (N-methyl/N-ethyl adjacent to an activating group) is 1. The van der Waals surface area contributed by atoms with Crippen LogP contribution in [0.25, 0.3) is 0 Å². The number of amides is 1. The average Bonchev–Trinajstić information content (AvgIpc) is 2.69. The van der Waals surface area contributed by atoms with Crippen molar-refractivity contribution in [1.29, 1.82) is 0 Å². The molecule has 0 aliphatic heterocycles. The van der Waals surface area contributed by atoms with Gasteiger partial charge in [0.1, 0.15) is 22.8 Å². The number of phenolic OH excluding ortho intramolecular Hbond substituents is 1. The van der Waals surface area contributed by atoms with Gasteiger partial charge in [-0.2, -0.15) is 0 Å². The number of aromatic hydroxyl groups is 1. The number of hydrogen-bond donors (Lipinski definition) is 6. The smallest absolute Gasteiger partial charge is 0.255 e. The molecule has 176 valence electrons. The Labute approximate surface area is 193 Å². The highest BCUT2D eigenvalue weighted by Gasteiger charge is 2.65. The summed E-state index contributed by atoms with van der Waals surface area (Å²) >= 11 is 6.26. The molecule has 1 aromatic carbocycles. The largest absolute Gasteiger partial charge is 0.510 e. The molecule has 3 aliphatic rings. The number of nitrogens with two attached hydrogens (primary N) is 1. The number of aliphatic hydroxyl groups excluding tert-OH is 2. The van der Waals surface area contributed by atoms with Crippen LogP contribution in [0.2, 0.25) is 5.02 Å². The van der Waals surface area contributed by atoms with Crippen LogP contribution < -0.4 is 5.73 Å². The Bertz CT molecular complexity index is 1200. The number of halogens is 1. The number of rotatable bonds is 2. The van der Waals surface area contributed by atoms with Crippen LogP contribution in [0.3, 0.4) is 0 Å². The molecule has 0 saturated carbocycles. The molecule has 33 heavy (non-hydrogen) atoms. The molecule has 1 amide bonds. The van der Waals surface area contributed by atoms with E-state index in [1.54, 1.807) is 0 Å². The monoisotopic (exact) mass is 478 g/mol. The zero-order valence-corrected chi connectivity index (χ0v) is 18.7. The van der Waals surface area contributed by atoms with Crippen molar-refractivity contribution in [1.82, 2.24) is 4.90 Å². The van der Waals surface area contributed by atoms with Crippen LogP contribution in [0.1, 0.15) is 29.3 Å². The standard InChI is InChI=1S/C22H23ClN2O8/c1-21(32)7-6-8-15(25(2)3)17(28)13(20(24)31)19(30)22(8,33)18(29)11(7)16(27)12-10(26)5-4-9(23)14(12)21/h4-5,7-8,15,26,28-29,32-33H,6H2,1-3H3,(H2,24,31)/t7-,8-,15-,21+,22+/m0/s1. The fourth-order valence-electron chi connectivity index (χ4n) is 5.59. The van der Waals surface area contributed by atoms with Crippen LogP contribution >= 0.6 is 11.6 Å². The zero-order chi connectivity index (χ0) is 24.8. The van der Waals surface area contributed by atoms with Crippen molar-refractivity contribution in [2.45, 2.75) is 30.6 Å². The fraction of sp³-hybridized carbons (Fsp3) is 0.409. The van der Waals surface area contributed by atoms with E-state index in [1.807, 2.05) is 0 Å². The second-order valence-corrected chi connectivity index (χ2v) is 9.49. The summed E-state index contributed by atoms with van der Waals surface area (Å²) in [4.78, 5) is 40.0. The highest BCUT2D eigenvalue weighted by Crippen LogP contribution is 2.57. The van der Waals surface area contributed by atoms with E-state index in [9.17, 15) is 39.9 Å². The number of carbonyl (C=O) groups excluding carboxylic acids is 3. The van der Waals surface area contributed by atoms with Crippen molar-refractivity contribution >= 4 is 29.1 Å². The number of carbonyl (C=O) groups is 3. The molecule has 3 aliphatic carbocycles. The minimum Gasteiger partial charge on any atom is -0.510 e. The van der Waals surface area contributed by atoms with Crippen molar-refractivity contribution in [3.63, 3.8) is 0 Å². The molecule has 0 fully saturated rings. The van der Waals surface area contributed by atoms with Gasteiger partial charge in [-0.1, -0.05) is 11.6 Å². The molecule has 0 saturated heterocycles. The number of primary amides is 1. The summed E-state index contributed by atoms with van der Waals surface area (Å²) in [6.07, 6.45) is -0.259. The summed E-state index contributed by atoms with van der Waals surface area (Å²) in [5.74, 6) is -8.29. The highest BCUT2D eigenvalue weighted by molar-refractivity contribution is 6.33. The molecule has 11 heteroatoms. The van der Waals surface area contributed by atoms with Gasteiger partial charge in [0.25, 0.3) is 5.91 Å². The minimum atomic E-state index is -2.78. The van der Waals surface area contributed by atoms with E-state index >= 15 is 0 Å². The van der Waals surface area contributed by atoms with Gasteiger partial charge in [0, 0.05) is 28.0 Å². The maximum absolute atomic E-state index is 13.4. The summed E-state index contributed by atoms with van der Waals surface area (Å²) in [5, 5.41) is 55.3. The number of aliphatic hydroxyl groups is 4. The Kier molecular flexibility index (Phi) is 4.96. The third kappa shape index (κ3) is 2.75. The molecule has 0 aromatic heterocycles. The lowest BCUT2D eigenvalue weighted by Gasteiger charge is -2.52. The van der Waals surface area contributed by atoms with Crippen LogP contribution in [0, 0.1) is 11.8 Å². The quantitative estimate of drug-likeness (QED) is 0.328. The topological polar surface area (TPSA) is 182 Å². The third-order valence-electron chi connectivity index (χ3n) is 7.07. The average molecular weight is 479 g/mol. The molecule has 0 radical (unpaired) electrons. The van der Waals surface area contributed by atoms with Crippen molar-refractivity contribution in [2.24, 2.45) is 17.6 Å². The number of hydrogen-bond acceptors (Lipinski definition) is 9. The minimum absolute atomic E-state index is 0.00293. The van der Waals surface area contributed by atoms with E-state index in [0.29, 0.717) is 0 Å². The molecule has 0 heterocycles. The molecule has 0 unspecified atom stereocenters. The lowest BCUT2D eigenvalue weighted by Crippen LogP contribution is -2.65. The Hall–Kier alpha value is -2.92. The Morgan fingerprint density at radius 2 is 1.79 bits per heavy atom. The Morgan fingerprint density at radius 3 is 2.33 bits per heavy atom. The first kappa shape index (κ1) is 23.2. The van der Waals surface area contributed by atoms with Crippen LogP contribution in [-0.4, -0.2) is 73.6 Å². The van der Waals surface area contributed by atoms with Crippen LogP contribution in [0.15, 0.2) is 34.8 Å². The fourth-order valence-corrected chi connectivity index (χ4v) is 5.93. The number of ketones is 2. The Morgan fingerprint density at radius 1 is 1.18 bits per heavy atom. The SMILES string of the molecule is CN(C)[C@@H]1C(O)=C(C(N)=O)C(=O)[C@]2(O)C(O)=C3C(=O)c4c(O)ccc(Cl)c4[C@](C)(O)[C@H]3C[C@@H]12. The second-order valence-electron chi connectivity index (χ2n) is 9.08. The van der Waals surface area contributed by atoms with Gasteiger partial charge in [-0.3, -0.25) is 19.3 Å². The summed E-state index contributed by atoms with van der Waals surface area (Å²) in [7, 11) is 3.03. The van der Waals surface area contributed by atoms with Gasteiger partial charge in [0.05, 0.1) is 17.2 Å². The van der Waals surface area contributed by atoms with Gasteiger partial charge in [-0.15, -0.1) is 0 Å². The lowest BCUT2D eigenvalue weighted by atomic mass is 9.55. The van der Waals surface area contributed by atoms with Crippen LogP contribution in [-0.2, 0) is 15.2 Å². The number of phenols is 1. The molecular formula is C22H23ClN2O8. The molecule has 5 atom stereocenters. The van der Waals surface area contributed by atoms with Gasteiger partial charge < -0.3 is 31.3 Å². The summed E-state index contributed by atoms with van der Waals surface area (Å²) in [5.41, 5.74) is -1.21. The predicted octanol–water partition coefficient (Wildman–Crippen LogP) is 0.439. The van der Waals surface area contributed by atoms with Gasteiger partial charge in [-0.25, -0.2) is 0 Å². The van der Waals surface area contributed by atoms with Gasteiger partial charge in [0.15, 0.2) is 11.4 Å². The first-order valence-corrected chi connectivity index (χ1v) is 10.5. The number of Topliss-reactive ketones (excluding diaryl/α,β-unsaturated/α-hetero) is 2. The second kappa shape index (κ2) is 7.04. The van der Waals surface area contributed by atoms with Crippen molar-refractivity contribution in [3.05, 3.63) is 50.9 Å². The van der Waals surface area contributed by atoms with E-state index < -0.39 is 75.0 Å². The van der Waals surface area contributed by atoms with E-state index in [0.717, 1.165) is 6.07 Å². The normalized spacial score (nSPS) is 33.7. The van der Waals surface area contributed by atoms with E-state index in [4.69, 9.17) is 17.3 Å². The van der Waals surface area contributed by atoms with Gasteiger partial charge in [-0.05, 0) is 39.6 Å². The predicted molar refractivity (Wildman–Crippen MR) is 115 cm³/mol. The van der Waals surface area contributed by atoms with E-state index in [-0.39, 0.29) is 22.6 Å². The van der Waals surface area contributed by atoms with Gasteiger partial charge in [0.2, 0.25) is 5.78 Å². The molecular weight excluding hydrogens is 456 g/mol. The molecule has 10 nitrogen and oxygen atoms in total. The summed E-state index contributed by atoms with van der Waals surface area (Å²) in [6, 6.07) is 1.30. The van der Waals surface area contributed by atoms with Crippen molar-refractivity contribution < 1.29 is 39.9 Å². The van der Waals surface area contributed by atoms with E-state index in [2.05, 4.69) is 0 Å². The Balaban J connectivity index is 2.07. The van der Waals surface area contributed by atoms with Crippen molar-refractivity contribution in [3.8, 4) is 5.75 Å².